The molecule has 96 valence electrons. The Kier molecular flexibility index (Phi) is 4.50. The summed E-state index contributed by atoms with van der Waals surface area (Å²) in [5, 5.41) is 6.74. The van der Waals surface area contributed by atoms with Gasteiger partial charge in [0, 0.05) is 23.5 Å². The lowest BCUT2D eigenvalue weighted by atomic mass is 10.0. The molecule has 0 saturated heterocycles. The number of benzene rings is 1. The van der Waals surface area contributed by atoms with E-state index in [2.05, 4.69) is 53.8 Å². The van der Waals surface area contributed by atoms with E-state index in [0.29, 0.717) is 6.04 Å². The Labute approximate surface area is 113 Å². The maximum atomic E-state index is 4.54. The van der Waals surface area contributed by atoms with Crippen molar-refractivity contribution in [1.29, 1.82) is 0 Å². The Balaban J connectivity index is 2.01. The maximum Gasteiger partial charge on any atom is 0.0943 e. The molecule has 0 aliphatic heterocycles. The van der Waals surface area contributed by atoms with Gasteiger partial charge in [0.25, 0.3) is 0 Å². The van der Waals surface area contributed by atoms with E-state index in [9.17, 15) is 0 Å². The Morgan fingerprint density at radius 1 is 1.28 bits per heavy atom. The highest BCUT2D eigenvalue weighted by Gasteiger charge is 2.10. The van der Waals surface area contributed by atoms with Crippen molar-refractivity contribution < 1.29 is 0 Å². The smallest absolute Gasteiger partial charge is 0.0943 e. The molecule has 0 spiro atoms. The molecule has 18 heavy (non-hydrogen) atoms. The van der Waals surface area contributed by atoms with Crippen LogP contribution in [-0.2, 0) is 12.8 Å². The predicted molar refractivity (Wildman–Crippen MR) is 78.3 cm³/mol. The van der Waals surface area contributed by atoms with Crippen LogP contribution in [0.1, 0.15) is 21.8 Å². The minimum atomic E-state index is 0.456. The number of thiazole rings is 1. The van der Waals surface area contributed by atoms with Crippen LogP contribution in [0.5, 0.6) is 0 Å². The van der Waals surface area contributed by atoms with Gasteiger partial charge < -0.3 is 5.32 Å². The SMILES string of the molecule is CNC(Cc1cccc(C)c1)Cc1nc(C)cs1. The first-order valence-electron chi connectivity index (χ1n) is 6.31. The molecular weight excluding hydrogens is 240 g/mol. The molecule has 1 aromatic carbocycles. The number of hydrogen-bond donors (Lipinski definition) is 1. The fraction of sp³-hybridized carbons (Fsp3) is 0.400. The molecule has 2 aromatic rings. The average molecular weight is 260 g/mol. The summed E-state index contributed by atoms with van der Waals surface area (Å²) in [6, 6.07) is 9.19. The van der Waals surface area contributed by atoms with E-state index in [1.165, 1.54) is 16.1 Å². The zero-order valence-electron chi connectivity index (χ0n) is 11.2. The zero-order chi connectivity index (χ0) is 13.0. The molecule has 0 aliphatic carbocycles. The lowest BCUT2D eigenvalue weighted by molar-refractivity contribution is 0.555. The number of hydrogen-bond acceptors (Lipinski definition) is 3. The lowest BCUT2D eigenvalue weighted by Crippen LogP contribution is -2.29. The molecule has 0 aliphatic rings. The van der Waals surface area contributed by atoms with Crippen LogP contribution in [0.4, 0.5) is 0 Å². The molecule has 1 heterocycles. The van der Waals surface area contributed by atoms with Gasteiger partial charge in [-0.3, -0.25) is 0 Å². The molecule has 2 nitrogen and oxygen atoms in total. The quantitative estimate of drug-likeness (QED) is 0.893. The van der Waals surface area contributed by atoms with Crippen LogP contribution in [0.25, 0.3) is 0 Å². The van der Waals surface area contributed by atoms with Crippen molar-refractivity contribution >= 4 is 11.3 Å². The van der Waals surface area contributed by atoms with Gasteiger partial charge >= 0.3 is 0 Å². The van der Waals surface area contributed by atoms with Crippen molar-refractivity contribution in [2.24, 2.45) is 0 Å². The third-order valence-electron chi connectivity index (χ3n) is 3.06. The van der Waals surface area contributed by atoms with Crippen LogP contribution in [-0.4, -0.2) is 18.1 Å². The first-order chi connectivity index (χ1) is 8.67. The van der Waals surface area contributed by atoms with Crippen molar-refractivity contribution in [2.45, 2.75) is 32.7 Å². The molecule has 0 radical (unpaired) electrons. The summed E-state index contributed by atoms with van der Waals surface area (Å²) < 4.78 is 0. The summed E-state index contributed by atoms with van der Waals surface area (Å²) in [5.74, 6) is 0. The summed E-state index contributed by atoms with van der Waals surface area (Å²) in [4.78, 5) is 4.54. The van der Waals surface area contributed by atoms with E-state index in [4.69, 9.17) is 0 Å². The van der Waals surface area contributed by atoms with E-state index in [1.807, 2.05) is 7.05 Å². The number of likely N-dealkylation sites (N-methyl/N-ethyl adjacent to an activating group) is 1. The van der Waals surface area contributed by atoms with Gasteiger partial charge in [-0.05, 0) is 32.9 Å². The van der Waals surface area contributed by atoms with Gasteiger partial charge in [0.2, 0.25) is 0 Å². The number of nitrogens with one attached hydrogen (secondary N) is 1. The van der Waals surface area contributed by atoms with Crippen LogP contribution in [0.15, 0.2) is 29.6 Å². The largest absolute Gasteiger partial charge is 0.316 e. The molecule has 0 saturated carbocycles. The minimum absolute atomic E-state index is 0.456. The molecule has 2 rings (SSSR count). The van der Waals surface area contributed by atoms with Crippen molar-refractivity contribution in [2.75, 3.05) is 7.05 Å². The molecule has 0 bridgehead atoms. The Bertz CT molecular complexity index is 505. The number of nitrogens with zero attached hydrogens (tertiary/aromatic N) is 1. The van der Waals surface area contributed by atoms with Crippen LogP contribution in [0, 0.1) is 13.8 Å². The normalized spacial score (nSPS) is 12.6. The molecule has 3 heteroatoms. The predicted octanol–water partition coefficient (Wildman–Crippen LogP) is 3.13. The Morgan fingerprint density at radius 3 is 2.72 bits per heavy atom. The summed E-state index contributed by atoms with van der Waals surface area (Å²) in [6.45, 7) is 4.19. The van der Waals surface area contributed by atoms with Gasteiger partial charge in [-0.2, -0.15) is 0 Å². The van der Waals surface area contributed by atoms with E-state index < -0.39 is 0 Å². The van der Waals surface area contributed by atoms with Crippen LogP contribution < -0.4 is 5.32 Å². The number of aryl methyl sites for hydroxylation is 2. The second kappa shape index (κ2) is 6.12. The van der Waals surface area contributed by atoms with Gasteiger partial charge in [0.05, 0.1) is 5.01 Å². The molecule has 0 fully saturated rings. The number of rotatable bonds is 5. The van der Waals surface area contributed by atoms with Crippen LogP contribution >= 0.6 is 11.3 Å². The summed E-state index contributed by atoms with van der Waals surface area (Å²) in [6.07, 6.45) is 2.06. The van der Waals surface area contributed by atoms with Gasteiger partial charge in [-0.1, -0.05) is 29.8 Å². The highest BCUT2D eigenvalue weighted by Crippen LogP contribution is 2.14. The highest BCUT2D eigenvalue weighted by atomic mass is 32.1. The summed E-state index contributed by atoms with van der Waals surface area (Å²) in [7, 11) is 2.03. The summed E-state index contributed by atoms with van der Waals surface area (Å²) in [5.41, 5.74) is 3.84. The molecule has 1 unspecified atom stereocenters. The topological polar surface area (TPSA) is 24.9 Å². The standard InChI is InChI=1S/C15H20N2S/c1-11-5-4-6-13(7-11)8-14(16-3)9-15-17-12(2)10-18-15/h4-7,10,14,16H,8-9H2,1-3H3. The van der Waals surface area contributed by atoms with E-state index >= 15 is 0 Å². The molecular formula is C15H20N2S. The highest BCUT2D eigenvalue weighted by molar-refractivity contribution is 7.09. The molecule has 0 amide bonds. The first kappa shape index (κ1) is 13.2. The third-order valence-corrected chi connectivity index (χ3v) is 4.05. The summed E-state index contributed by atoms with van der Waals surface area (Å²) >= 11 is 1.76. The second-order valence-corrected chi connectivity index (χ2v) is 5.71. The maximum absolute atomic E-state index is 4.54. The monoisotopic (exact) mass is 260 g/mol. The molecule has 1 aromatic heterocycles. The first-order valence-corrected chi connectivity index (χ1v) is 7.19. The molecule has 1 N–H and O–H groups in total. The number of aromatic nitrogens is 1. The van der Waals surface area contributed by atoms with Crippen molar-refractivity contribution in [3.05, 3.63) is 51.5 Å². The Hall–Kier alpha value is -1.19. The third kappa shape index (κ3) is 3.65. The molecule has 1 atom stereocenters. The van der Waals surface area contributed by atoms with Gasteiger partial charge in [0.15, 0.2) is 0 Å². The van der Waals surface area contributed by atoms with Crippen LogP contribution in [0.3, 0.4) is 0 Å². The van der Waals surface area contributed by atoms with Gasteiger partial charge in [0.1, 0.15) is 0 Å². The fourth-order valence-corrected chi connectivity index (χ4v) is 2.96. The zero-order valence-corrected chi connectivity index (χ0v) is 12.1. The lowest BCUT2D eigenvalue weighted by Gasteiger charge is -2.15. The van der Waals surface area contributed by atoms with E-state index in [1.54, 1.807) is 11.3 Å². The van der Waals surface area contributed by atoms with E-state index in [0.717, 1.165) is 18.5 Å². The average Bonchev–Trinajstić information content (AvgIpc) is 2.74. The van der Waals surface area contributed by atoms with E-state index in [-0.39, 0.29) is 0 Å². The van der Waals surface area contributed by atoms with Gasteiger partial charge in [-0.15, -0.1) is 11.3 Å². The van der Waals surface area contributed by atoms with Crippen molar-refractivity contribution in [1.82, 2.24) is 10.3 Å². The van der Waals surface area contributed by atoms with Crippen LogP contribution in [0.2, 0.25) is 0 Å². The Morgan fingerprint density at radius 2 is 2.11 bits per heavy atom. The van der Waals surface area contributed by atoms with Crippen molar-refractivity contribution in [3.8, 4) is 0 Å². The minimum Gasteiger partial charge on any atom is -0.316 e. The fourth-order valence-electron chi connectivity index (χ4n) is 2.11. The second-order valence-electron chi connectivity index (χ2n) is 4.77. The van der Waals surface area contributed by atoms with Gasteiger partial charge in [-0.25, -0.2) is 4.98 Å². The van der Waals surface area contributed by atoms with Crippen molar-refractivity contribution in [3.63, 3.8) is 0 Å².